The maximum Gasteiger partial charge on any atom is 0.322 e. The summed E-state index contributed by atoms with van der Waals surface area (Å²) < 4.78 is 6.63. The molecule has 0 aliphatic heterocycles. The third-order valence-corrected chi connectivity index (χ3v) is 3.50. The minimum absolute atomic E-state index is 0.0103. The van der Waals surface area contributed by atoms with Gasteiger partial charge in [-0.2, -0.15) is 5.26 Å². The summed E-state index contributed by atoms with van der Waals surface area (Å²) in [6.45, 7) is 0. The second-order valence-corrected chi connectivity index (χ2v) is 5.87. The normalized spacial score (nSPS) is 9.85. The zero-order valence-corrected chi connectivity index (χ0v) is 13.9. The Morgan fingerprint density at radius 2 is 1.95 bits per heavy atom. The fourth-order valence-corrected chi connectivity index (χ4v) is 2.32. The highest BCUT2D eigenvalue weighted by Crippen LogP contribution is 2.35. The quantitative estimate of drug-likeness (QED) is 0.369. The second-order valence-electron chi connectivity index (χ2n) is 3.46. The number of halogens is 2. The fraction of sp³-hybridized carbons (Fsp3) is 0. The van der Waals surface area contributed by atoms with Crippen molar-refractivity contribution in [1.29, 1.82) is 5.26 Å². The van der Waals surface area contributed by atoms with Crippen molar-refractivity contribution in [3.05, 3.63) is 47.3 Å². The highest BCUT2D eigenvalue weighted by molar-refractivity contribution is 14.1. The number of aromatic nitrogens is 2. The van der Waals surface area contributed by atoms with Crippen LogP contribution in [0.3, 0.4) is 0 Å². The van der Waals surface area contributed by atoms with Gasteiger partial charge in [0.2, 0.25) is 5.75 Å². The van der Waals surface area contributed by atoms with Crippen LogP contribution < -0.4 is 4.74 Å². The summed E-state index contributed by atoms with van der Waals surface area (Å²) in [6.07, 6.45) is 3.07. The number of rotatable bonds is 3. The molecule has 0 aliphatic carbocycles. The van der Waals surface area contributed by atoms with Crippen molar-refractivity contribution >= 4 is 50.9 Å². The first kappa shape index (κ1) is 14.9. The van der Waals surface area contributed by atoms with Crippen LogP contribution in [0.5, 0.6) is 11.8 Å². The molecule has 20 heavy (non-hydrogen) atoms. The van der Waals surface area contributed by atoms with E-state index >= 15 is 0 Å². The number of nitro groups is 1. The van der Waals surface area contributed by atoms with Crippen LogP contribution >= 0.6 is 45.2 Å². The predicted octanol–water partition coefficient (Wildman–Crippen LogP) is 3.26. The number of nitriles is 1. The highest BCUT2D eigenvalue weighted by Gasteiger charge is 2.22. The number of nitro benzene ring substituents is 1. The standard InChI is InChI=1S/C11H4I2N4O3/c12-7-4-15-11(16-5-7)20-10-8(13)1-6(3-14)2-9(10)17(18)19/h1-2,4-5H. The summed E-state index contributed by atoms with van der Waals surface area (Å²) in [5, 5.41) is 19.9. The zero-order valence-electron chi connectivity index (χ0n) is 9.58. The van der Waals surface area contributed by atoms with Crippen LogP contribution in [0.1, 0.15) is 5.56 Å². The average Bonchev–Trinajstić information content (AvgIpc) is 2.42. The van der Waals surface area contributed by atoms with Crippen molar-refractivity contribution in [1.82, 2.24) is 9.97 Å². The number of nitrogens with zero attached hydrogens (tertiary/aromatic N) is 4. The Bertz CT molecular complexity index is 713. The van der Waals surface area contributed by atoms with Crippen molar-refractivity contribution in [2.24, 2.45) is 0 Å². The molecule has 0 unspecified atom stereocenters. The van der Waals surface area contributed by atoms with Crippen LogP contribution in [0.25, 0.3) is 0 Å². The molecule has 2 rings (SSSR count). The van der Waals surface area contributed by atoms with E-state index in [2.05, 4.69) is 9.97 Å². The van der Waals surface area contributed by atoms with E-state index in [1.165, 1.54) is 18.5 Å². The van der Waals surface area contributed by atoms with Gasteiger partial charge in [-0.1, -0.05) is 0 Å². The van der Waals surface area contributed by atoms with E-state index in [1.54, 1.807) is 0 Å². The minimum Gasteiger partial charge on any atom is -0.416 e. The molecule has 1 aromatic heterocycles. The third kappa shape index (κ3) is 3.31. The minimum atomic E-state index is -0.606. The summed E-state index contributed by atoms with van der Waals surface area (Å²) in [5.41, 5.74) is -0.104. The molecule has 0 radical (unpaired) electrons. The number of benzene rings is 1. The average molecular weight is 494 g/mol. The van der Waals surface area contributed by atoms with Gasteiger partial charge in [0.05, 0.1) is 20.1 Å². The molecule has 0 spiro atoms. The van der Waals surface area contributed by atoms with Crippen LogP contribution in [0.4, 0.5) is 5.69 Å². The molecule has 2 aromatic rings. The molecule has 0 saturated heterocycles. The first-order valence-electron chi connectivity index (χ1n) is 5.04. The number of ether oxygens (including phenoxy) is 1. The Kier molecular flexibility index (Phi) is 4.65. The molecule has 0 N–H and O–H groups in total. The van der Waals surface area contributed by atoms with Crippen molar-refractivity contribution in [3.8, 4) is 17.8 Å². The molecule has 0 fully saturated rings. The molecular weight excluding hydrogens is 490 g/mol. The first-order valence-corrected chi connectivity index (χ1v) is 7.20. The molecule has 100 valence electrons. The van der Waals surface area contributed by atoms with Crippen LogP contribution in [-0.4, -0.2) is 14.9 Å². The van der Waals surface area contributed by atoms with Crippen molar-refractivity contribution in [2.45, 2.75) is 0 Å². The van der Waals surface area contributed by atoms with E-state index in [1.807, 2.05) is 51.3 Å². The summed E-state index contributed by atoms with van der Waals surface area (Å²) >= 11 is 3.90. The van der Waals surface area contributed by atoms with Crippen molar-refractivity contribution < 1.29 is 9.66 Å². The fourth-order valence-electron chi connectivity index (χ4n) is 1.32. The largest absolute Gasteiger partial charge is 0.416 e. The van der Waals surface area contributed by atoms with Gasteiger partial charge >= 0.3 is 11.7 Å². The van der Waals surface area contributed by atoms with E-state index < -0.39 is 4.92 Å². The molecular formula is C11H4I2N4O3. The van der Waals surface area contributed by atoms with E-state index in [-0.39, 0.29) is 23.0 Å². The van der Waals surface area contributed by atoms with Gasteiger partial charge in [-0.05, 0) is 51.2 Å². The predicted molar refractivity (Wildman–Crippen MR) is 85.4 cm³/mol. The van der Waals surface area contributed by atoms with Crippen LogP contribution in [0.15, 0.2) is 24.5 Å². The van der Waals surface area contributed by atoms with Crippen LogP contribution in [0, 0.1) is 28.6 Å². The Hall–Kier alpha value is -1.55. The first-order chi connectivity index (χ1) is 9.51. The Labute approximate surface area is 140 Å². The molecule has 0 bridgehead atoms. The third-order valence-electron chi connectivity index (χ3n) is 2.14. The van der Waals surface area contributed by atoms with Gasteiger partial charge in [-0.25, -0.2) is 9.97 Å². The van der Waals surface area contributed by atoms with Gasteiger partial charge in [0.1, 0.15) is 0 Å². The smallest absolute Gasteiger partial charge is 0.322 e. The number of hydrogen-bond acceptors (Lipinski definition) is 6. The maximum absolute atomic E-state index is 11.1. The molecule has 7 nitrogen and oxygen atoms in total. The lowest BCUT2D eigenvalue weighted by atomic mass is 10.2. The summed E-state index contributed by atoms with van der Waals surface area (Å²) in [4.78, 5) is 18.3. The molecule has 1 heterocycles. The monoisotopic (exact) mass is 494 g/mol. The second kappa shape index (κ2) is 6.27. The van der Waals surface area contributed by atoms with Crippen LogP contribution in [0.2, 0.25) is 0 Å². The van der Waals surface area contributed by atoms with Gasteiger partial charge in [0.25, 0.3) is 0 Å². The topological polar surface area (TPSA) is 102 Å². The van der Waals surface area contributed by atoms with E-state index in [0.717, 1.165) is 9.64 Å². The lowest BCUT2D eigenvalue weighted by Gasteiger charge is -2.07. The SMILES string of the molecule is N#Cc1cc(I)c(Oc2ncc(I)cn2)c([N+](=O)[O-])c1. The molecule has 0 aliphatic rings. The van der Waals surface area contributed by atoms with Gasteiger partial charge in [-0.3, -0.25) is 10.1 Å². The molecule has 0 amide bonds. The van der Waals surface area contributed by atoms with Gasteiger partial charge in [0.15, 0.2) is 0 Å². The van der Waals surface area contributed by atoms with E-state index in [0.29, 0.717) is 3.57 Å². The summed E-state index contributed by atoms with van der Waals surface area (Å²) in [7, 11) is 0. The zero-order chi connectivity index (χ0) is 14.7. The van der Waals surface area contributed by atoms with Gasteiger partial charge < -0.3 is 4.74 Å². The van der Waals surface area contributed by atoms with Gasteiger partial charge in [0, 0.05) is 22.0 Å². The number of hydrogen-bond donors (Lipinski definition) is 0. The molecule has 0 saturated carbocycles. The summed E-state index contributed by atoms with van der Waals surface area (Å²) in [6, 6.07) is 4.53. The Morgan fingerprint density at radius 1 is 1.30 bits per heavy atom. The maximum atomic E-state index is 11.1. The summed E-state index contributed by atoms with van der Waals surface area (Å²) in [5.74, 6) is 0.0239. The van der Waals surface area contributed by atoms with E-state index in [4.69, 9.17) is 10.00 Å². The van der Waals surface area contributed by atoms with Crippen molar-refractivity contribution in [3.63, 3.8) is 0 Å². The van der Waals surface area contributed by atoms with Gasteiger partial charge in [-0.15, -0.1) is 0 Å². The lowest BCUT2D eigenvalue weighted by molar-refractivity contribution is -0.385. The molecule has 1 aromatic carbocycles. The molecule has 9 heteroatoms. The lowest BCUT2D eigenvalue weighted by Crippen LogP contribution is -1.99. The highest BCUT2D eigenvalue weighted by atomic mass is 127. The molecule has 0 atom stereocenters. The van der Waals surface area contributed by atoms with Crippen molar-refractivity contribution in [2.75, 3.05) is 0 Å². The Balaban J connectivity index is 2.48. The Morgan fingerprint density at radius 3 is 2.50 bits per heavy atom. The van der Waals surface area contributed by atoms with E-state index in [9.17, 15) is 10.1 Å². The van der Waals surface area contributed by atoms with Crippen LogP contribution in [-0.2, 0) is 0 Å².